The second-order valence-corrected chi connectivity index (χ2v) is 6.83. The Balaban J connectivity index is 1.74. The van der Waals surface area contributed by atoms with Gasteiger partial charge in [-0.3, -0.25) is 4.79 Å². The van der Waals surface area contributed by atoms with E-state index in [1.54, 1.807) is 20.1 Å². The van der Waals surface area contributed by atoms with Crippen molar-refractivity contribution in [1.82, 2.24) is 0 Å². The third-order valence-electron chi connectivity index (χ3n) is 5.01. The number of esters is 1. The molecule has 2 aromatic carbocycles. The van der Waals surface area contributed by atoms with Crippen molar-refractivity contribution in [3.63, 3.8) is 0 Å². The Morgan fingerprint density at radius 2 is 1.75 bits per heavy atom. The lowest BCUT2D eigenvalue weighted by atomic mass is 9.97. The number of benzene rings is 2. The van der Waals surface area contributed by atoms with Gasteiger partial charge in [0.05, 0.1) is 19.6 Å². The van der Waals surface area contributed by atoms with E-state index in [1.807, 2.05) is 30.3 Å². The van der Waals surface area contributed by atoms with E-state index < -0.39 is 49.2 Å². The molecule has 8 heteroatoms. The van der Waals surface area contributed by atoms with Gasteiger partial charge in [0.1, 0.15) is 30.2 Å². The van der Waals surface area contributed by atoms with Crippen molar-refractivity contribution in [3.05, 3.63) is 42.0 Å². The molecule has 1 saturated heterocycles. The summed E-state index contributed by atoms with van der Waals surface area (Å²) in [6.45, 7) is 1.06. The van der Waals surface area contributed by atoms with Crippen LogP contribution in [0.5, 0.6) is 5.75 Å². The predicted molar refractivity (Wildman–Crippen MR) is 98.8 cm³/mol. The van der Waals surface area contributed by atoms with Gasteiger partial charge < -0.3 is 34.6 Å². The molecule has 1 aliphatic rings. The largest absolute Gasteiger partial charge is 0.497 e. The maximum atomic E-state index is 12.5. The van der Waals surface area contributed by atoms with E-state index in [-0.39, 0.29) is 0 Å². The summed E-state index contributed by atoms with van der Waals surface area (Å²) in [6.07, 6.45) is -7.37. The third kappa shape index (κ3) is 3.96. The molecule has 2 unspecified atom stereocenters. The van der Waals surface area contributed by atoms with Gasteiger partial charge in [-0.2, -0.15) is 0 Å². The summed E-state index contributed by atoms with van der Waals surface area (Å²) in [6, 6.07) is 11.1. The van der Waals surface area contributed by atoms with Gasteiger partial charge in [0.15, 0.2) is 0 Å². The fraction of sp³-hybridized carbons (Fsp3) is 0.450. The molecule has 0 bridgehead atoms. The normalized spacial score (nSPS) is 28.7. The van der Waals surface area contributed by atoms with E-state index in [2.05, 4.69) is 0 Å². The first-order valence-electron chi connectivity index (χ1n) is 8.94. The summed E-state index contributed by atoms with van der Waals surface area (Å²) in [5.41, 5.74) is 0.701. The number of hydrogen-bond donors (Lipinski definition) is 4. The van der Waals surface area contributed by atoms with Crippen LogP contribution in [0.4, 0.5) is 0 Å². The average Bonchev–Trinajstić information content (AvgIpc) is 2.72. The van der Waals surface area contributed by atoms with Crippen LogP contribution in [0.15, 0.2) is 36.4 Å². The molecule has 0 spiro atoms. The highest BCUT2D eigenvalue weighted by molar-refractivity contribution is 5.86. The Kier molecular flexibility index (Phi) is 6.17. The van der Waals surface area contributed by atoms with Crippen molar-refractivity contribution < 1.29 is 39.4 Å². The zero-order valence-electron chi connectivity index (χ0n) is 15.6. The van der Waals surface area contributed by atoms with Crippen molar-refractivity contribution in [3.8, 4) is 5.75 Å². The minimum atomic E-state index is -1.63. The van der Waals surface area contributed by atoms with Crippen LogP contribution in [0.2, 0.25) is 0 Å². The Hall–Kier alpha value is -2.23. The Labute approximate surface area is 161 Å². The molecular weight excluding hydrogens is 368 g/mol. The van der Waals surface area contributed by atoms with Gasteiger partial charge in [-0.1, -0.05) is 24.3 Å². The summed E-state index contributed by atoms with van der Waals surface area (Å²) in [5.74, 6) is -0.605. The Morgan fingerprint density at radius 1 is 1.07 bits per heavy atom. The SMILES string of the molecule is COc1ccc2cc(C(C)C(=O)OC3O[C@H](CO)[C@@H](O)[C@H](O)[C@H]3O)ccc2c1. The van der Waals surface area contributed by atoms with Crippen LogP contribution in [0, 0.1) is 0 Å². The smallest absolute Gasteiger partial charge is 0.315 e. The number of rotatable bonds is 5. The highest BCUT2D eigenvalue weighted by Crippen LogP contribution is 2.28. The van der Waals surface area contributed by atoms with E-state index in [0.717, 1.165) is 16.5 Å². The molecule has 2 aromatic rings. The second-order valence-electron chi connectivity index (χ2n) is 6.83. The van der Waals surface area contributed by atoms with Gasteiger partial charge in [-0.05, 0) is 35.4 Å². The number of ether oxygens (including phenoxy) is 3. The van der Waals surface area contributed by atoms with Crippen molar-refractivity contribution in [1.29, 1.82) is 0 Å². The van der Waals surface area contributed by atoms with Crippen molar-refractivity contribution in [2.75, 3.05) is 13.7 Å². The minimum absolute atomic E-state index is 0.595. The molecule has 4 N–H and O–H groups in total. The summed E-state index contributed by atoms with van der Waals surface area (Å²) in [7, 11) is 1.59. The number of fused-ring (bicyclic) bond motifs is 1. The molecule has 0 aromatic heterocycles. The average molecular weight is 392 g/mol. The lowest BCUT2D eigenvalue weighted by Crippen LogP contribution is -2.59. The van der Waals surface area contributed by atoms with Crippen molar-refractivity contribution in [2.45, 2.75) is 43.5 Å². The highest BCUT2D eigenvalue weighted by Gasteiger charge is 2.45. The number of aliphatic hydroxyl groups is 4. The summed E-state index contributed by atoms with van der Waals surface area (Å²) in [5, 5.41) is 40.7. The molecule has 8 nitrogen and oxygen atoms in total. The molecule has 1 aliphatic heterocycles. The lowest BCUT2D eigenvalue weighted by Gasteiger charge is -2.39. The fourth-order valence-corrected chi connectivity index (χ4v) is 3.16. The van der Waals surface area contributed by atoms with Crippen LogP contribution >= 0.6 is 0 Å². The zero-order valence-corrected chi connectivity index (χ0v) is 15.6. The first kappa shape index (κ1) is 20.5. The van der Waals surface area contributed by atoms with Gasteiger partial charge in [0, 0.05) is 0 Å². The molecule has 1 heterocycles. The molecule has 6 atom stereocenters. The van der Waals surface area contributed by atoms with Crippen molar-refractivity contribution in [2.24, 2.45) is 0 Å². The van der Waals surface area contributed by atoms with E-state index in [0.29, 0.717) is 5.56 Å². The quantitative estimate of drug-likeness (QED) is 0.535. The summed E-state index contributed by atoms with van der Waals surface area (Å²) >= 11 is 0. The van der Waals surface area contributed by atoms with Crippen LogP contribution in [0.25, 0.3) is 10.8 Å². The van der Waals surface area contributed by atoms with E-state index in [4.69, 9.17) is 14.2 Å². The van der Waals surface area contributed by atoms with E-state index in [1.165, 1.54) is 0 Å². The molecule has 0 amide bonds. The number of hydrogen-bond acceptors (Lipinski definition) is 8. The van der Waals surface area contributed by atoms with Crippen LogP contribution < -0.4 is 4.74 Å². The van der Waals surface area contributed by atoms with Gasteiger partial charge in [-0.25, -0.2) is 0 Å². The third-order valence-corrected chi connectivity index (χ3v) is 5.01. The van der Waals surface area contributed by atoms with Crippen LogP contribution in [0.1, 0.15) is 18.4 Å². The monoisotopic (exact) mass is 392 g/mol. The van der Waals surface area contributed by atoms with Gasteiger partial charge in [0.25, 0.3) is 0 Å². The summed E-state index contributed by atoms with van der Waals surface area (Å²) < 4.78 is 15.6. The highest BCUT2D eigenvalue weighted by atomic mass is 16.7. The van der Waals surface area contributed by atoms with Gasteiger partial charge in [0.2, 0.25) is 6.29 Å². The topological polar surface area (TPSA) is 126 Å². The van der Waals surface area contributed by atoms with E-state index >= 15 is 0 Å². The maximum absolute atomic E-state index is 12.5. The summed E-state index contributed by atoms with van der Waals surface area (Å²) in [4.78, 5) is 12.5. The molecule has 0 saturated carbocycles. The Bertz CT molecular complexity index is 836. The number of carbonyl (C=O) groups is 1. The fourth-order valence-electron chi connectivity index (χ4n) is 3.16. The zero-order chi connectivity index (χ0) is 20.4. The molecular formula is C20H24O8. The minimum Gasteiger partial charge on any atom is -0.497 e. The van der Waals surface area contributed by atoms with Crippen LogP contribution in [-0.4, -0.2) is 70.8 Å². The number of aliphatic hydroxyl groups excluding tert-OH is 4. The molecule has 28 heavy (non-hydrogen) atoms. The molecule has 152 valence electrons. The Morgan fingerprint density at radius 3 is 2.43 bits per heavy atom. The molecule has 1 fully saturated rings. The lowest BCUT2D eigenvalue weighted by molar-refractivity contribution is -0.293. The predicted octanol–water partition coefficient (Wildman–Crippen LogP) is 0.295. The van der Waals surface area contributed by atoms with E-state index in [9.17, 15) is 25.2 Å². The van der Waals surface area contributed by atoms with Crippen molar-refractivity contribution >= 4 is 16.7 Å². The van der Waals surface area contributed by atoms with Gasteiger partial charge in [-0.15, -0.1) is 0 Å². The maximum Gasteiger partial charge on any atom is 0.315 e. The second kappa shape index (κ2) is 8.42. The molecule has 0 aliphatic carbocycles. The molecule has 3 rings (SSSR count). The number of methoxy groups -OCH3 is 1. The first-order valence-corrected chi connectivity index (χ1v) is 8.94. The molecule has 0 radical (unpaired) electrons. The van der Waals surface area contributed by atoms with Gasteiger partial charge >= 0.3 is 5.97 Å². The number of carbonyl (C=O) groups excluding carboxylic acids is 1. The standard InChI is InChI=1S/C20H24O8/c1-10(11-3-4-13-8-14(26-2)6-5-12(13)7-11)19(25)28-20-18(24)17(23)16(22)15(9-21)27-20/h3-8,10,15-18,20-24H,9H2,1-2H3/t10?,15-,16-,17+,18-,20?/m1/s1. The van der Waals surface area contributed by atoms with Crippen LogP contribution in [0.3, 0.4) is 0 Å². The first-order chi connectivity index (χ1) is 13.3. The van der Waals surface area contributed by atoms with Crippen LogP contribution in [-0.2, 0) is 14.3 Å².